The number of nitrogens with one attached hydrogen (secondary N) is 2. The third-order valence-corrected chi connectivity index (χ3v) is 15.2. The quantitative estimate of drug-likeness (QED) is 0.159. The van der Waals surface area contributed by atoms with E-state index < -0.39 is 0 Å². The van der Waals surface area contributed by atoms with E-state index in [9.17, 15) is 0 Å². The average molecular weight is 909 g/mol. The smallest absolute Gasteiger partial charge is 0.133 e. The number of amidine groups is 2. The lowest BCUT2D eigenvalue weighted by Crippen LogP contribution is -2.33. The molecule has 8 aromatic rings. The summed E-state index contributed by atoms with van der Waals surface area (Å²) in [4.78, 5) is 23.6. The highest BCUT2D eigenvalue weighted by molar-refractivity contribution is 7.10. The molecule has 3 aliphatic carbocycles. The van der Waals surface area contributed by atoms with Gasteiger partial charge in [0.1, 0.15) is 23.8 Å². The fourth-order valence-corrected chi connectivity index (χ4v) is 11.8. The normalized spacial score (nSPS) is 18.1. The summed E-state index contributed by atoms with van der Waals surface area (Å²) in [6.07, 6.45) is 12.1. The Morgan fingerprint density at radius 1 is 0.464 bits per heavy atom. The summed E-state index contributed by atoms with van der Waals surface area (Å²) >= 11 is 1.81. The standard InChI is InChI=1S/C62H48N6S/c1-7-19-39(20-8-1)50-36-52(41-23-11-3-12-24-41)63-57-46(50)31-33-48-55(65-61(67-59(48)57)43-27-15-5-16-28-43)45-35-54(69-38-45)56-49-34-32-47-51(40-21-9-2-10-22-40)37-53(42-25-13-4-14-26-42)64-58(47)60(49)68-62(66-56)44-29-17-6-18-30-44/h1-17,19-29,35-38,55-56H,18,30-34H2,(H,65,67)(H,66,68). The molecular formula is C62H48N6S. The molecule has 2 atom stereocenters. The number of hydrogen-bond donors (Lipinski definition) is 2. The maximum absolute atomic E-state index is 5.66. The first-order valence-electron chi connectivity index (χ1n) is 24.2. The van der Waals surface area contributed by atoms with Gasteiger partial charge in [-0.1, -0.05) is 170 Å². The molecule has 13 rings (SSSR count). The molecule has 2 unspecified atom stereocenters. The molecule has 2 aliphatic heterocycles. The molecule has 2 N–H and O–H groups in total. The number of fused-ring (bicyclic) bond motifs is 4. The van der Waals surface area contributed by atoms with Crippen molar-refractivity contribution in [3.63, 3.8) is 0 Å². The van der Waals surface area contributed by atoms with Gasteiger partial charge < -0.3 is 10.6 Å². The first kappa shape index (κ1) is 41.2. The monoisotopic (exact) mass is 908 g/mol. The number of aliphatic imine (C=N–C) groups is 2. The van der Waals surface area contributed by atoms with Crippen molar-refractivity contribution in [2.24, 2.45) is 9.98 Å². The lowest BCUT2D eigenvalue weighted by molar-refractivity contribution is 0.726. The Balaban J connectivity index is 0.963. The van der Waals surface area contributed by atoms with E-state index in [0.29, 0.717) is 0 Å². The summed E-state index contributed by atoms with van der Waals surface area (Å²) in [6, 6.07) is 59.9. The number of aromatic nitrogens is 2. The zero-order chi connectivity index (χ0) is 45.7. The SMILES string of the molecule is C1=CCCC(C2=NC(c3cc(C4N=C(c5ccccc5)NC5=C4CCc4c(-c6ccccc6)cc(-c6ccccc6)nc45)cs3)C3=C(N2)c2nc(-c4ccccc4)cc(-c4ccccc4)c2CC3)=C1. The summed E-state index contributed by atoms with van der Waals surface area (Å²) in [5.74, 6) is 1.80. The molecule has 69 heavy (non-hydrogen) atoms. The van der Waals surface area contributed by atoms with Crippen LogP contribution in [0, 0.1) is 0 Å². The summed E-state index contributed by atoms with van der Waals surface area (Å²) in [5.41, 5.74) is 21.8. The molecule has 3 aromatic heterocycles. The molecule has 0 amide bonds. The van der Waals surface area contributed by atoms with E-state index in [1.165, 1.54) is 60.5 Å². The summed E-state index contributed by atoms with van der Waals surface area (Å²) in [7, 11) is 0. The van der Waals surface area contributed by atoms with Crippen LogP contribution in [0.5, 0.6) is 0 Å². The van der Waals surface area contributed by atoms with E-state index in [1.807, 2.05) is 0 Å². The Kier molecular flexibility index (Phi) is 10.5. The van der Waals surface area contributed by atoms with Crippen LogP contribution in [0.1, 0.15) is 76.3 Å². The number of nitrogens with zero attached hydrogens (tertiary/aromatic N) is 4. The van der Waals surface area contributed by atoms with Gasteiger partial charge in [0.05, 0.1) is 34.2 Å². The van der Waals surface area contributed by atoms with Crippen molar-refractivity contribution in [1.29, 1.82) is 0 Å². The van der Waals surface area contributed by atoms with Crippen LogP contribution in [-0.2, 0) is 12.8 Å². The van der Waals surface area contributed by atoms with E-state index in [-0.39, 0.29) is 12.1 Å². The second kappa shape index (κ2) is 17.6. The van der Waals surface area contributed by atoms with Gasteiger partial charge in [0.25, 0.3) is 0 Å². The minimum atomic E-state index is -0.197. The van der Waals surface area contributed by atoms with Gasteiger partial charge in [-0.2, -0.15) is 0 Å². The maximum atomic E-state index is 5.66. The Bertz CT molecular complexity index is 3470. The van der Waals surface area contributed by atoms with E-state index in [4.69, 9.17) is 20.0 Å². The van der Waals surface area contributed by atoms with Crippen molar-refractivity contribution in [3.05, 3.63) is 249 Å². The minimum absolute atomic E-state index is 0.166. The molecule has 0 fully saturated rings. The molecular weight excluding hydrogens is 861 g/mol. The van der Waals surface area contributed by atoms with Crippen LogP contribution >= 0.6 is 11.3 Å². The second-order valence-electron chi connectivity index (χ2n) is 18.3. The summed E-state index contributed by atoms with van der Waals surface area (Å²) in [6.45, 7) is 0. The number of hydrogen-bond acceptors (Lipinski definition) is 7. The number of thiophene rings is 1. The van der Waals surface area contributed by atoms with Crippen molar-refractivity contribution in [1.82, 2.24) is 20.6 Å². The predicted octanol–water partition coefficient (Wildman–Crippen LogP) is 14.3. The fourth-order valence-electron chi connectivity index (χ4n) is 10.8. The van der Waals surface area contributed by atoms with E-state index in [1.54, 1.807) is 11.3 Å². The molecule has 0 saturated carbocycles. The van der Waals surface area contributed by atoms with Gasteiger partial charge in [0.2, 0.25) is 0 Å². The minimum Gasteiger partial charge on any atom is -0.338 e. The number of rotatable bonds is 8. The van der Waals surface area contributed by atoms with Gasteiger partial charge in [0.15, 0.2) is 0 Å². The van der Waals surface area contributed by atoms with Gasteiger partial charge in [-0.25, -0.2) is 9.97 Å². The van der Waals surface area contributed by atoms with Gasteiger partial charge in [-0.3, -0.25) is 9.98 Å². The van der Waals surface area contributed by atoms with Gasteiger partial charge in [-0.15, -0.1) is 11.3 Å². The number of benzene rings is 5. The van der Waals surface area contributed by atoms with Gasteiger partial charge in [-0.05, 0) is 118 Å². The summed E-state index contributed by atoms with van der Waals surface area (Å²) in [5, 5.41) is 10.2. The van der Waals surface area contributed by atoms with Crippen LogP contribution < -0.4 is 10.6 Å². The Labute approximate surface area is 407 Å². The molecule has 7 heteroatoms. The van der Waals surface area contributed by atoms with E-state index in [2.05, 4.69) is 204 Å². The van der Waals surface area contributed by atoms with E-state index >= 15 is 0 Å². The van der Waals surface area contributed by atoms with Crippen LogP contribution in [0.25, 0.3) is 56.2 Å². The molecule has 0 spiro atoms. The van der Waals surface area contributed by atoms with Crippen molar-refractivity contribution in [3.8, 4) is 44.8 Å². The zero-order valence-electron chi connectivity index (χ0n) is 38.1. The zero-order valence-corrected chi connectivity index (χ0v) is 38.9. The number of allylic oxidation sites excluding steroid dienone is 3. The third-order valence-electron chi connectivity index (χ3n) is 14.2. The van der Waals surface area contributed by atoms with Gasteiger partial charge in [0, 0.05) is 21.6 Å². The van der Waals surface area contributed by atoms with Crippen LogP contribution in [0.4, 0.5) is 0 Å². The molecule has 0 radical (unpaired) electrons. The van der Waals surface area contributed by atoms with Crippen LogP contribution in [0.15, 0.2) is 220 Å². The molecule has 5 heterocycles. The molecule has 6 nitrogen and oxygen atoms in total. The lowest BCUT2D eigenvalue weighted by atomic mass is 9.81. The maximum Gasteiger partial charge on any atom is 0.133 e. The van der Waals surface area contributed by atoms with Crippen molar-refractivity contribution >= 4 is 34.4 Å². The largest absolute Gasteiger partial charge is 0.338 e. The fraction of sp³-hybridized carbons (Fsp3) is 0.129. The molecule has 5 aromatic carbocycles. The highest BCUT2D eigenvalue weighted by Gasteiger charge is 2.37. The van der Waals surface area contributed by atoms with Crippen molar-refractivity contribution in [2.75, 3.05) is 0 Å². The first-order valence-corrected chi connectivity index (χ1v) is 25.0. The Hall–Kier alpha value is -8.00. The number of pyridine rings is 2. The molecule has 0 bridgehead atoms. The van der Waals surface area contributed by atoms with E-state index in [0.717, 1.165) is 101 Å². The second-order valence-corrected chi connectivity index (χ2v) is 19.3. The average Bonchev–Trinajstić information content (AvgIpc) is 3.93. The van der Waals surface area contributed by atoms with Crippen molar-refractivity contribution in [2.45, 2.75) is 50.6 Å². The molecule has 5 aliphatic rings. The lowest BCUT2D eigenvalue weighted by Gasteiger charge is -2.34. The highest BCUT2D eigenvalue weighted by atomic mass is 32.1. The Morgan fingerprint density at radius 3 is 1.46 bits per heavy atom. The predicted molar refractivity (Wildman–Crippen MR) is 284 cm³/mol. The molecule has 0 saturated heterocycles. The third kappa shape index (κ3) is 7.60. The van der Waals surface area contributed by atoms with Crippen LogP contribution in [0.2, 0.25) is 0 Å². The first-order chi connectivity index (χ1) is 34.2. The highest BCUT2D eigenvalue weighted by Crippen LogP contribution is 2.49. The van der Waals surface area contributed by atoms with Crippen LogP contribution in [0.3, 0.4) is 0 Å². The van der Waals surface area contributed by atoms with Gasteiger partial charge >= 0.3 is 0 Å². The van der Waals surface area contributed by atoms with Crippen molar-refractivity contribution < 1.29 is 0 Å². The summed E-state index contributed by atoms with van der Waals surface area (Å²) < 4.78 is 0. The molecule has 332 valence electrons. The topological polar surface area (TPSA) is 74.6 Å². The van der Waals surface area contributed by atoms with Crippen LogP contribution in [-0.4, -0.2) is 21.6 Å². The Morgan fingerprint density at radius 2 is 0.942 bits per heavy atom.